The van der Waals surface area contributed by atoms with Crippen molar-refractivity contribution in [3.05, 3.63) is 71.8 Å². The average molecular weight is 267 g/mol. The van der Waals surface area contributed by atoms with Crippen molar-refractivity contribution in [3.63, 3.8) is 0 Å². The Morgan fingerprint density at radius 3 is 2.45 bits per heavy atom. The molecule has 0 saturated carbocycles. The molecule has 1 amide bonds. The van der Waals surface area contributed by atoms with Gasteiger partial charge in [-0.05, 0) is 35.8 Å². The van der Waals surface area contributed by atoms with Gasteiger partial charge in [0.2, 0.25) is 5.91 Å². The lowest BCUT2D eigenvalue weighted by molar-refractivity contribution is -0.116. The Morgan fingerprint density at radius 1 is 1.05 bits per heavy atom. The van der Waals surface area contributed by atoms with Gasteiger partial charge in [-0.3, -0.25) is 4.79 Å². The highest BCUT2D eigenvalue weighted by Gasteiger charge is 1.96. The molecule has 0 radical (unpaired) electrons. The molecular formula is C17H17NO2. The molecule has 2 aromatic carbocycles. The first-order valence-electron chi connectivity index (χ1n) is 6.53. The summed E-state index contributed by atoms with van der Waals surface area (Å²) in [6.45, 7) is 0.614. The third-order valence-corrected chi connectivity index (χ3v) is 2.88. The molecule has 2 aromatic rings. The van der Waals surface area contributed by atoms with E-state index >= 15 is 0 Å². The minimum absolute atomic E-state index is 0.117. The standard InChI is InChI=1S/C17H17NO2/c19-16-9-6-15(7-10-16)8-11-17(20)18-13-12-14-4-2-1-3-5-14/h1-11,19H,12-13H2,(H,18,20). The molecule has 0 bridgehead atoms. The van der Waals surface area contributed by atoms with E-state index in [1.165, 1.54) is 11.6 Å². The van der Waals surface area contributed by atoms with Crippen molar-refractivity contribution in [1.29, 1.82) is 0 Å². The predicted octanol–water partition coefficient (Wildman–Crippen LogP) is 2.76. The van der Waals surface area contributed by atoms with Crippen LogP contribution < -0.4 is 5.32 Å². The maximum atomic E-state index is 11.6. The summed E-state index contributed by atoms with van der Waals surface area (Å²) in [5, 5.41) is 12.0. The number of phenolic OH excluding ortho intramolecular Hbond substituents is 1. The van der Waals surface area contributed by atoms with Gasteiger partial charge in [0.05, 0.1) is 0 Å². The van der Waals surface area contributed by atoms with Gasteiger partial charge in [-0.25, -0.2) is 0 Å². The van der Waals surface area contributed by atoms with Gasteiger partial charge >= 0.3 is 0 Å². The second-order valence-electron chi connectivity index (χ2n) is 4.45. The van der Waals surface area contributed by atoms with Crippen LogP contribution in [0.2, 0.25) is 0 Å². The Kier molecular flexibility index (Phi) is 4.95. The van der Waals surface area contributed by atoms with E-state index in [1.54, 1.807) is 30.3 Å². The molecule has 2 rings (SSSR count). The molecule has 3 nitrogen and oxygen atoms in total. The fourth-order valence-corrected chi connectivity index (χ4v) is 1.79. The van der Waals surface area contributed by atoms with Gasteiger partial charge in [0.1, 0.15) is 5.75 Å². The largest absolute Gasteiger partial charge is 0.508 e. The quantitative estimate of drug-likeness (QED) is 0.818. The summed E-state index contributed by atoms with van der Waals surface area (Å²) in [5.74, 6) is 0.100. The summed E-state index contributed by atoms with van der Waals surface area (Å²) in [5.41, 5.74) is 2.08. The highest BCUT2D eigenvalue weighted by molar-refractivity contribution is 5.91. The Balaban J connectivity index is 1.76. The first-order valence-corrected chi connectivity index (χ1v) is 6.53. The molecule has 0 atom stereocenters. The zero-order chi connectivity index (χ0) is 14.2. The number of carbonyl (C=O) groups excluding carboxylic acids is 1. The number of phenols is 1. The molecule has 0 unspecified atom stereocenters. The zero-order valence-electron chi connectivity index (χ0n) is 11.1. The van der Waals surface area contributed by atoms with Crippen LogP contribution in [0.1, 0.15) is 11.1 Å². The number of hydrogen-bond donors (Lipinski definition) is 2. The fourth-order valence-electron chi connectivity index (χ4n) is 1.79. The number of nitrogens with one attached hydrogen (secondary N) is 1. The van der Waals surface area contributed by atoms with Gasteiger partial charge in [-0.15, -0.1) is 0 Å². The van der Waals surface area contributed by atoms with E-state index in [4.69, 9.17) is 5.11 Å². The van der Waals surface area contributed by atoms with E-state index < -0.39 is 0 Å². The molecular weight excluding hydrogens is 250 g/mol. The van der Waals surface area contributed by atoms with Gasteiger partial charge in [0, 0.05) is 12.6 Å². The van der Waals surface area contributed by atoms with Gasteiger partial charge in [-0.2, -0.15) is 0 Å². The van der Waals surface area contributed by atoms with Crippen molar-refractivity contribution in [3.8, 4) is 5.75 Å². The molecule has 2 N–H and O–H groups in total. The number of benzene rings is 2. The van der Waals surface area contributed by atoms with Gasteiger partial charge < -0.3 is 10.4 Å². The Bertz CT molecular complexity index is 574. The smallest absolute Gasteiger partial charge is 0.244 e. The van der Waals surface area contributed by atoms with E-state index in [2.05, 4.69) is 5.32 Å². The third-order valence-electron chi connectivity index (χ3n) is 2.88. The average Bonchev–Trinajstić information content (AvgIpc) is 2.48. The van der Waals surface area contributed by atoms with Gasteiger partial charge in [-0.1, -0.05) is 42.5 Å². The monoisotopic (exact) mass is 267 g/mol. The number of rotatable bonds is 5. The number of hydrogen-bond acceptors (Lipinski definition) is 2. The molecule has 102 valence electrons. The molecule has 0 aliphatic heterocycles. The van der Waals surface area contributed by atoms with Crippen LogP contribution in [0.25, 0.3) is 6.08 Å². The summed E-state index contributed by atoms with van der Waals surface area (Å²) in [6.07, 6.45) is 4.04. The summed E-state index contributed by atoms with van der Waals surface area (Å²) in [4.78, 5) is 11.6. The summed E-state index contributed by atoms with van der Waals surface area (Å²) in [6, 6.07) is 16.7. The van der Waals surface area contributed by atoms with Crippen LogP contribution in [0.4, 0.5) is 0 Å². The highest BCUT2D eigenvalue weighted by Crippen LogP contribution is 2.10. The molecule has 0 saturated heterocycles. The van der Waals surface area contributed by atoms with E-state index in [-0.39, 0.29) is 11.7 Å². The zero-order valence-corrected chi connectivity index (χ0v) is 11.1. The van der Waals surface area contributed by atoms with Crippen LogP contribution in [0.5, 0.6) is 5.75 Å². The molecule has 0 aliphatic carbocycles. The number of carbonyl (C=O) groups is 1. The summed E-state index contributed by atoms with van der Waals surface area (Å²) in [7, 11) is 0. The number of amides is 1. The first-order chi connectivity index (χ1) is 9.74. The van der Waals surface area contributed by atoms with Crippen molar-refractivity contribution >= 4 is 12.0 Å². The normalized spacial score (nSPS) is 10.6. The van der Waals surface area contributed by atoms with Crippen molar-refractivity contribution in [2.45, 2.75) is 6.42 Å². The van der Waals surface area contributed by atoms with E-state index in [0.29, 0.717) is 6.54 Å². The maximum Gasteiger partial charge on any atom is 0.244 e. The molecule has 20 heavy (non-hydrogen) atoms. The topological polar surface area (TPSA) is 49.3 Å². The van der Waals surface area contributed by atoms with Crippen LogP contribution in [-0.4, -0.2) is 17.6 Å². The van der Waals surface area contributed by atoms with E-state index in [1.807, 2.05) is 30.3 Å². The van der Waals surface area contributed by atoms with Gasteiger partial charge in [0.15, 0.2) is 0 Å². The molecule has 0 aromatic heterocycles. The molecule has 0 spiro atoms. The van der Waals surface area contributed by atoms with Crippen LogP contribution >= 0.6 is 0 Å². The lowest BCUT2D eigenvalue weighted by atomic mass is 10.1. The SMILES string of the molecule is O=C(C=Cc1ccc(O)cc1)NCCc1ccccc1. The Labute approximate surface area is 118 Å². The van der Waals surface area contributed by atoms with E-state index in [0.717, 1.165) is 12.0 Å². The van der Waals surface area contributed by atoms with Crippen LogP contribution in [-0.2, 0) is 11.2 Å². The minimum Gasteiger partial charge on any atom is -0.508 e. The highest BCUT2D eigenvalue weighted by atomic mass is 16.3. The van der Waals surface area contributed by atoms with Gasteiger partial charge in [0.25, 0.3) is 0 Å². The lowest BCUT2D eigenvalue weighted by Crippen LogP contribution is -2.23. The van der Waals surface area contributed by atoms with Crippen molar-refractivity contribution in [2.24, 2.45) is 0 Å². The Hall–Kier alpha value is -2.55. The molecule has 0 aliphatic rings. The minimum atomic E-state index is -0.117. The van der Waals surface area contributed by atoms with Crippen LogP contribution in [0.3, 0.4) is 0 Å². The Morgan fingerprint density at radius 2 is 1.75 bits per heavy atom. The molecule has 3 heteroatoms. The van der Waals surface area contributed by atoms with Crippen LogP contribution in [0, 0.1) is 0 Å². The second kappa shape index (κ2) is 7.14. The summed E-state index contributed by atoms with van der Waals surface area (Å²) >= 11 is 0. The first kappa shape index (κ1) is 13.9. The van der Waals surface area contributed by atoms with Crippen molar-refractivity contribution in [2.75, 3.05) is 6.54 Å². The number of aromatic hydroxyl groups is 1. The van der Waals surface area contributed by atoms with E-state index in [9.17, 15) is 4.79 Å². The predicted molar refractivity (Wildman–Crippen MR) is 80.3 cm³/mol. The van der Waals surface area contributed by atoms with Crippen molar-refractivity contribution in [1.82, 2.24) is 5.32 Å². The second-order valence-corrected chi connectivity index (χ2v) is 4.45. The fraction of sp³-hybridized carbons (Fsp3) is 0.118. The maximum absolute atomic E-state index is 11.6. The van der Waals surface area contributed by atoms with Crippen molar-refractivity contribution < 1.29 is 9.90 Å². The molecule has 0 heterocycles. The summed E-state index contributed by atoms with van der Waals surface area (Å²) < 4.78 is 0. The molecule has 0 fully saturated rings. The third kappa shape index (κ3) is 4.61. The lowest BCUT2D eigenvalue weighted by Gasteiger charge is -2.02. The van der Waals surface area contributed by atoms with Crippen LogP contribution in [0.15, 0.2) is 60.7 Å².